The lowest BCUT2D eigenvalue weighted by molar-refractivity contribution is -0.122. The second kappa shape index (κ2) is 6.40. The lowest BCUT2D eigenvalue weighted by Gasteiger charge is -2.05. The highest BCUT2D eigenvalue weighted by Crippen LogP contribution is 2.19. The van der Waals surface area contributed by atoms with E-state index in [0.717, 1.165) is 9.35 Å². The van der Waals surface area contributed by atoms with Crippen molar-refractivity contribution in [2.24, 2.45) is 5.73 Å². The summed E-state index contributed by atoms with van der Waals surface area (Å²) in [6, 6.07) is 1.54. The SMILES string of the molecule is CC(N)C(=O)NCc1cc(Br)cs1.Cl. The van der Waals surface area contributed by atoms with Crippen molar-refractivity contribution >= 4 is 45.6 Å². The zero-order valence-corrected chi connectivity index (χ0v) is 10.8. The molecule has 1 aromatic rings. The minimum Gasteiger partial charge on any atom is -0.350 e. The van der Waals surface area contributed by atoms with Gasteiger partial charge in [-0.05, 0) is 28.9 Å². The minimum atomic E-state index is -0.441. The van der Waals surface area contributed by atoms with Gasteiger partial charge >= 0.3 is 0 Å². The maximum Gasteiger partial charge on any atom is 0.236 e. The zero-order valence-electron chi connectivity index (χ0n) is 7.62. The Kier molecular flexibility index (Phi) is 6.35. The number of halogens is 2. The normalized spacial score (nSPS) is 11.6. The van der Waals surface area contributed by atoms with Crippen molar-refractivity contribution in [3.05, 3.63) is 20.8 Å². The maximum atomic E-state index is 11.1. The van der Waals surface area contributed by atoms with Gasteiger partial charge in [0, 0.05) is 14.7 Å². The first-order valence-corrected chi connectivity index (χ1v) is 5.53. The molecule has 0 saturated heterocycles. The summed E-state index contributed by atoms with van der Waals surface area (Å²) < 4.78 is 1.04. The summed E-state index contributed by atoms with van der Waals surface area (Å²) >= 11 is 4.94. The Hall–Kier alpha value is -0.100. The van der Waals surface area contributed by atoms with Gasteiger partial charge in [-0.2, -0.15) is 0 Å². The van der Waals surface area contributed by atoms with E-state index >= 15 is 0 Å². The fraction of sp³-hybridized carbons (Fsp3) is 0.375. The largest absolute Gasteiger partial charge is 0.350 e. The number of nitrogens with one attached hydrogen (secondary N) is 1. The Morgan fingerprint density at radius 2 is 2.43 bits per heavy atom. The molecule has 1 amide bonds. The maximum absolute atomic E-state index is 11.1. The summed E-state index contributed by atoms with van der Waals surface area (Å²) in [5.74, 6) is -0.121. The van der Waals surface area contributed by atoms with Crippen molar-refractivity contribution in [1.82, 2.24) is 5.32 Å². The number of carbonyl (C=O) groups is 1. The molecule has 0 aliphatic carbocycles. The Morgan fingerprint density at radius 3 is 2.86 bits per heavy atom. The zero-order chi connectivity index (χ0) is 9.84. The van der Waals surface area contributed by atoms with E-state index in [1.165, 1.54) is 0 Å². The van der Waals surface area contributed by atoms with Crippen LogP contribution in [0, 0.1) is 0 Å². The molecule has 0 radical (unpaired) electrons. The van der Waals surface area contributed by atoms with Crippen molar-refractivity contribution in [3.63, 3.8) is 0 Å². The molecule has 6 heteroatoms. The van der Waals surface area contributed by atoms with Crippen LogP contribution in [0.1, 0.15) is 11.8 Å². The molecule has 80 valence electrons. The summed E-state index contributed by atoms with van der Waals surface area (Å²) in [4.78, 5) is 12.2. The fourth-order valence-electron chi connectivity index (χ4n) is 0.782. The molecule has 0 saturated carbocycles. The van der Waals surface area contributed by atoms with E-state index in [9.17, 15) is 4.79 Å². The van der Waals surface area contributed by atoms with Crippen LogP contribution < -0.4 is 11.1 Å². The van der Waals surface area contributed by atoms with Crippen LogP contribution in [-0.2, 0) is 11.3 Å². The average molecular weight is 300 g/mol. The summed E-state index contributed by atoms with van der Waals surface area (Å²) in [6.07, 6.45) is 0. The Balaban J connectivity index is 0.00000169. The number of hydrogen-bond acceptors (Lipinski definition) is 3. The lowest BCUT2D eigenvalue weighted by atomic mass is 10.3. The highest BCUT2D eigenvalue weighted by atomic mass is 79.9. The third kappa shape index (κ3) is 4.41. The van der Waals surface area contributed by atoms with Crippen molar-refractivity contribution in [2.45, 2.75) is 19.5 Å². The van der Waals surface area contributed by atoms with Crippen LogP contribution in [0.3, 0.4) is 0 Å². The molecular formula is C8H12BrClN2OS. The van der Waals surface area contributed by atoms with Crippen molar-refractivity contribution in [3.8, 4) is 0 Å². The van der Waals surface area contributed by atoms with Crippen molar-refractivity contribution in [1.29, 1.82) is 0 Å². The Labute approximate surface area is 102 Å². The van der Waals surface area contributed by atoms with Gasteiger partial charge in [-0.3, -0.25) is 4.79 Å². The molecule has 1 atom stereocenters. The van der Waals surface area contributed by atoms with Crippen molar-refractivity contribution < 1.29 is 4.79 Å². The highest BCUT2D eigenvalue weighted by molar-refractivity contribution is 9.10. The molecule has 14 heavy (non-hydrogen) atoms. The van der Waals surface area contributed by atoms with E-state index in [1.807, 2.05) is 11.4 Å². The monoisotopic (exact) mass is 298 g/mol. The fourth-order valence-corrected chi connectivity index (χ4v) is 2.17. The number of hydrogen-bond donors (Lipinski definition) is 2. The molecule has 3 N–H and O–H groups in total. The standard InChI is InChI=1S/C8H11BrN2OS.ClH/c1-5(10)8(12)11-3-7-2-6(9)4-13-7;/h2,4-5H,3,10H2,1H3,(H,11,12);1H. The van der Waals surface area contributed by atoms with Gasteiger partial charge in [-0.1, -0.05) is 0 Å². The molecule has 1 unspecified atom stereocenters. The Bertz CT molecular complexity index is 303. The third-order valence-electron chi connectivity index (χ3n) is 1.47. The van der Waals surface area contributed by atoms with Crippen LogP contribution in [0.4, 0.5) is 0 Å². The quantitative estimate of drug-likeness (QED) is 0.895. The van der Waals surface area contributed by atoms with Crippen LogP contribution in [0.5, 0.6) is 0 Å². The van der Waals surface area contributed by atoms with Crippen LogP contribution in [0.15, 0.2) is 15.9 Å². The molecule has 0 bridgehead atoms. The van der Waals surface area contributed by atoms with Gasteiger partial charge < -0.3 is 11.1 Å². The molecule has 1 aromatic heterocycles. The smallest absolute Gasteiger partial charge is 0.236 e. The number of rotatable bonds is 3. The second-order valence-electron chi connectivity index (χ2n) is 2.74. The average Bonchev–Trinajstić information content (AvgIpc) is 2.47. The van der Waals surface area contributed by atoms with E-state index in [0.29, 0.717) is 6.54 Å². The summed E-state index contributed by atoms with van der Waals surface area (Å²) in [5, 5.41) is 4.72. The molecule has 3 nitrogen and oxygen atoms in total. The van der Waals surface area contributed by atoms with E-state index in [1.54, 1.807) is 18.3 Å². The van der Waals surface area contributed by atoms with Gasteiger partial charge in [-0.15, -0.1) is 23.7 Å². The van der Waals surface area contributed by atoms with Gasteiger partial charge in [0.05, 0.1) is 12.6 Å². The third-order valence-corrected chi connectivity index (χ3v) is 3.17. The first-order valence-electron chi connectivity index (χ1n) is 3.86. The van der Waals surface area contributed by atoms with Crippen LogP contribution in [0.25, 0.3) is 0 Å². The van der Waals surface area contributed by atoms with Crippen LogP contribution in [0.2, 0.25) is 0 Å². The van der Waals surface area contributed by atoms with E-state index < -0.39 is 6.04 Å². The lowest BCUT2D eigenvalue weighted by Crippen LogP contribution is -2.37. The predicted octanol–water partition coefficient (Wildman–Crippen LogP) is 1.90. The Morgan fingerprint density at radius 1 is 1.79 bits per heavy atom. The molecule has 0 aliphatic heterocycles. The van der Waals surface area contributed by atoms with Gasteiger partial charge in [0.25, 0.3) is 0 Å². The van der Waals surface area contributed by atoms with E-state index in [2.05, 4.69) is 21.2 Å². The van der Waals surface area contributed by atoms with Gasteiger partial charge in [-0.25, -0.2) is 0 Å². The molecule has 0 spiro atoms. The van der Waals surface area contributed by atoms with Gasteiger partial charge in [0.1, 0.15) is 0 Å². The number of thiophene rings is 1. The van der Waals surface area contributed by atoms with Crippen molar-refractivity contribution in [2.75, 3.05) is 0 Å². The van der Waals surface area contributed by atoms with E-state index in [-0.39, 0.29) is 18.3 Å². The minimum absolute atomic E-state index is 0. The molecule has 1 heterocycles. The number of carbonyl (C=O) groups excluding carboxylic acids is 1. The summed E-state index contributed by atoms with van der Waals surface area (Å²) in [6.45, 7) is 2.22. The van der Waals surface area contributed by atoms with Crippen LogP contribution in [-0.4, -0.2) is 11.9 Å². The first-order chi connectivity index (χ1) is 6.09. The summed E-state index contributed by atoms with van der Waals surface area (Å²) in [7, 11) is 0. The molecule has 0 aromatic carbocycles. The first kappa shape index (κ1) is 13.9. The molecule has 0 fully saturated rings. The molecule has 1 rings (SSSR count). The highest BCUT2D eigenvalue weighted by Gasteiger charge is 2.06. The van der Waals surface area contributed by atoms with Gasteiger partial charge in [0.2, 0.25) is 5.91 Å². The second-order valence-corrected chi connectivity index (χ2v) is 4.65. The predicted molar refractivity (Wildman–Crippen MR) is 64.8 cm³/mol. The van der Waals surface area contributed by atoms with Crippen LogP contribution >= 0.6 is 39.7 Å². The molecular weight excluding hydrogens is 288 g/mol. The van der Waals surface area contributed by atoms with E-state index in [4.69, 9.17) is 5.73 Å². The number of amides is 1. The topological polar surface area (TPSA) is 55.1 Å². The number of nitrogens with two attached hydrogens (primary N) is 1. The molecule has 0 aliphatic rings. The van der Waals surface area contributed by atoms with Gasteiger partial charge in [0.15, 0.2) is 0 Å². The summed E-state index contributed by atoms with van der Waals surface area (Å²) in [5.41, 5.74) is 5.39.